The van der Waals surface area contributed by atoms with Gasteiger partial charge in [0.15, 0.2) is 5.79 Å². The van der Waals surface area contributed by atoms with E-state index in [1.807, 2.05) is 18.2 Å². The normalized spacial score (nSPS) is 11.6. The van der Waals surface area contributed by atoms with E-state index in [-0.39, 0.29) is 0 Å². The molecule has 1 aromatic rings. The van der Waals surface area contributed by atoms with Gasteiger partial charge in [-0.3, -0.25) is 0 Å². The lowest BCUT2D eigenvalue weighted by molar-refractivity contribution is -0.219. The molecule has 3 nitrogen and oxygen atoms in total. The second-order valence-electron chi connectivity index (χ2n) is 3.75. The number of nitrogens with two attached hydrogens (primary N) is 1. The number of hydrogen-bond donors (Lipinski definition) is 1. The van der Waals surface area contributed by atoms with E-state index in [0.717, 1.165) is 14.5 Å². The van der Waals surface area contributed by atoms with Crippen molar-refractivity contribution in [1.82, 2.24) is 0 Å². The number of thiocarbonyl (C=S) groups is 1. The molecule has 0 saturated heterocycles. The molecule has 0 unspecified atom stereocenters. The van der Waals surface area contributed by atoms with Crippen molar-refractivity contribution < 1.29 is 9.47 Å². The maximum atomic E-state index is 5.57. The Hall–Kier alpha value is -0.0100. The van der Waals surface area contributed by atoms with Crippen LogP contribution in [0.15, 0.2) is 27.1 Å². The minimum absolute atomic E-state index is 0.444. The molecule has 2 N–H and O–H groups in total. The Bertz CT molecular complexity index is 436. The summed E-state index contributed by atoms with van der Waals surface area (Å²) in [7, 11) is 3.22. The molecule has 0 aromatic heterocycles. The van der Waals surface area contributed by atoms with Crippen molar-refractivity contribution in [2.24, 2.45) is 5.73 Å². The zero-order valence-corrected chi connectivity index (χ0v) is 14.2. The van der Waals surface area contributed by atoms with Crippen molar-refractivity contribution >= 4 is 49.1 Å². The van der Waals surface area contributed by atoms with Crippen LogP contribution in [0.5, 0.6) is 0 Å². The molecule has 0 atom stereocenters. The molecule has 0 amide bonds. The molecule has 0 saturated carbocycles. The maximum Gasteiger partial charge on any atom is 0.195 e. The predicted octanol–water partition coefficient (Wildman–Crippen LogP) is 3.72. The lowest BCUT2D eigenvalue weighted by Crippen LogP contribution is -2.32. The van der Waals surface area contributed by atoms with E-state index in [4.69, 9.17) is 27.4 Å². The van der Waals surface area contributed by atoms with Gasteiger partial charge in [-0.1, -0.05) is 44.1 Å². The van der Waals surface area contributed by atoms with Crippen molar-refractivity contribution in [3.8, 4) is 0 Å². The molecule has 0 aliphatic carbocycles. The molecule has 0 heterocycles. The van der Waals surface area contributed by atoms with Crippen molar-refractivity contribution in [2.45, 2.75) is 18.6 Å². The molecule has 0 aliphatic rings. The van der Waals surface area contributed by atoms with Gasteiger partial charge in [0.2, 0.25) is 0 Å². The fourth-order valence-corrected chi connectivity index (χ4v) is 2.73. The molecule has 0 radical (unpaired) electrons. The zero-order chi connectivity index (χ0) is 13.8. The second kappa shape index (κ2) is 6.96. The van der Waals surface area contributed by atoms with Crippen molar-refractivity contribution in [3.05, 3.63) is 32.7 Å². The summed E-state index contributed by atoms with van der Waals surface area (Å²) in [5.41, 5.74) is 6.46. The summed E-state index contributed by atoms with van der Waals surface area (Å²) >= 11 is 11.9. The molecule has 1 rings (SSSR count). The molecule has 6 heteroatoms. The monoisotopic (exact) mass is 395 g/mol. The van der Waals surface area contributed by atoms with Gasteiger partial charge < -0.3 is 15.2 Å². The summed E-state index contributed by atoms with van der Waals surface area (Å²) in [5.74, 6) is -0.855. The standard InChI is InChI=1S/C12H15Br2NO2S/c1-16-12(17-2,6-5-11(15)18)9-7-8(13)3-4-10(9)14/h3-4,7H,5-6H2,1-2H3,(H2,15,18). The molecular formula is C12H15Br2NO2S. The summed E-state index contributed by atoms with van der Waals surface area (Å²) in [6.45, 7) is 0. The first-order valence-electron chi connectivity index (χ1n) is 5.29. The number of ether oxygens (including phenoxy) is 2. The van der Waals surface area contributed by atoms with Gasteiger partial charge in [0, 0.05) is 41.6 Å². The molecular weight excluding hydrogens is 382 g/mol. The quantitative estimate of drug-likeness (QED) is 0.587. The van der Waals surface area contributed by atoms with Crippen molar-refractivity contribution in [1.29, 1.82) is 0 Å². The number of benzene rings is 1. The van der Waals surface area contributed by atoms with Crippen LogP contribution in [0.3, 0.4) is 0 Å². The molecule has 18 heavy (non-hydrogen) atoms. The molecule has 0 spiro atoms. The minimum Gasteiger partial charge on any atom is -0.393 e. The third-order valence-electron chi connectivity index (χ3n) is 2.70. The van der Waals surface area contributed by atoms with Crippen LogP contribution in [0.1, 0.15) is 18.4 Å². The Labute approximate surface area is 129 Å². The van der Waals surface area contributed by atoms with E-state index in [0.29, 0.717) is 17.8 Å². The third kappa shape index (κ3) is 3.74. The zero-order valence-electron chi connectivity index (χ0n) is 10.2. The van der Waals surface area contributed by atoms with E-state index in [2.05, 4.69) is 31.9 Å². The number of methoxy groups -OCH3 is 2. The summed E-state index contributed by atoms with van der Waals surface area (Å²) in [6, 6.07) is 5.83. The van der Waals surface area contributed by atoms with E-state index < -0.39 is 5.79 Å². The summed E-state index contributed by atoms with van der Waals surface area (Å²) in [4.78, 5) is 0.444. The first-order valence-corrected chi connectivity index (χ1v) is 7.28. The van der Waals surface area contributed by atoms with E-state index in [9.17, 15) is 0 Å². The highest BCUT2D eigenvalue weighted by Crippen LogP contribution is 2.37. The van der Waals surface area contributed by atoms with Crippen LogP contribution >= 0.6 is 44.1 Å². The summed E-state index contributed by atoms with van der Waals surface area (Å²) < 4.78 is 13.0. The Balaban J connectivity index is 3.16. The first kappa shape index (κ1) is 16.0. The molecule has 0 aliphatic heterocycles. The average molecular weight is 397 g/mol. The van der Waals surface area contributed by atoms with Crippen LogP contribution < -0.4 is 5.73 Å². The van der Waals surface area contributed by atoms with Crippen LogP contribution in [0.4, 0.5) is 0 Å². The maximum absolute atomic E-state index is 5.57. The van der Waals surface area contributed by atoms with Gasteiger partial charge in [0.1, 0.15) is 0 Å². The van der Waals surface area contributed by atoms with Crippen molar-refractivity contribution in [3.63, 3.8) is 0 Å². The average Bonchev–Trinajstić information content (AvgIpc) is 2.35. The number of rotatable bonds is 6. The second-order valence-corrected chi connectivity index (χ2v) is 6.05. The van der Waals surface area contributed by atoms with Gasteiger partial charge in [-0.05, 0) is 18.2 Å². The summed E-state index contributed by atoms with van der Waals surface area (Å²) in [5, 5.41) is 0. The molecule has 1 aromatic carbocycles. The molecule has 100 valence electrons. The molecule has 0 bridgehead atoms. The van der Waals surface area contributed by atoms with E-state index in [1.165, 1.54) is 0 Å². The highest BCUT2D eigenvalue weighted by Gasteiger charge is 2.34. The van der Waals surface area contributed by atoms with Crippen LogP contribution in [0.25, 0.3) is 0 Å². The highest BCUT2D eigenvalue weighted by atomic mass is 79.9. The SMILES string of the molecule is COC(CCC(N)=S)(OC)c1cc(Br)ccc1Br. The lowest BCUT2D eigenvalue weighted by atomic mass is 10.0. The Morgan fingerprint density at radius 1 is 1.33 bits per heavy atom. The van der Waals surface area contributed by atoms with Gasteiger partial charge in [-0.25, -0.2) is 0 Å². The van der Waals surface area contributed by atoms with E-state index >= 15 is 0 Å². The third-order valence-corrected chi connectivity index (χ3v) is 4.09. The number of halogens is 2. The highest BCUT2D eigenvalue weighted by molar-refractivity contribution is 9.11. The van der Waals surface area contributed by atoms with Crippen LogP contribution in [0.2, 0.25) is 0 Å². The van der Waals surface area contributed by atoms with Crippen LogP contribution in [0, 0.1) is 0 Å². The van der Waals surface area contributed by atoms with Gasteiger partial charge in [-0.15, -0.1) is 0 Å². The fourth-order valence-electron chi connectivity index (χ4n) is 1.72. The largest absolute Gasteiger partial charge is 0.393 e. The van der Waals surface area contributed by atoms with Crippen LogP contribution in [-0.4, -0.2) is 19.2 Å². The summed E-state index contributed by atoms with van der Waals surface area (Å²) in [6.07, 6.45) is 1.11. The Kier molecular flexibility index (Phi) is 6.20. The lowest BCUT2D eigenvalue weighted by Gasteiger charge is -2.32. The molecule has 0 fully saturated rings. The topological polar surface area (TPSA) is 44.5 Å². The van der Waals surface area contributed by atoms with Crippen LogP contribution in [-0.2, 0) is 15.3 Å². The first-order chi connectivity index (χ1) is 8.45. The minimum atomic E-state index is -0.855. The Morgan fingerprint density at radius 3 is 2.44 bits per heavy atom. The van der Waals surface area contributed by atoms with Gasteiger partial charge in [0.25, 0.3) is 0 Å². The fraction of sp³-hybridized carbons (Fsp3) is 0.417. The van der Waals surface area contributed by atoms with E-state index in [1.54, 1.807) is 14.2 Å². The van der Waals surface area contributed by atoms with Gasteiger partial charge in [0.05, 0.1) is 4.99 Å². The van der Waals surface area contributed by atoms with Gasteiger partial charge >= 0.3 is 0 Å². The number of hydrogen-bond acceptors (Lipinski definition) is 3. The predicted molar refractivity (Wildman–Crippen MR) is 83.6 cm³/mol. The van der Waals surface area contributed by atoms with Gasteiger partial charge in [-0.2, -0.15) is 0 Å². The Morgan fingerprint density at radius 2 is 1.94 bits per heavy atom. The van der Waals surface area contributed by atoms with Crippen molar-refractivity contribution in [2.75, 3.05) is 14.2 Å². The smallest absolute Gasteiger partial charge is 0.195 e.